The Balaban J connectivity index is 2.04. The third-order valence-corrected chi connectivity index (χ3v) is 3.72. The van der Waals surface area contributed by atoms with E-state index in [1.54, 1.807) is 6.92 Å². The van der Waals surface area contributed by atoms with Gasteiger partial charge in [-0.2, -0.15) is 0 Å². The molecule has 5 heteroatoms. The van der Waals surface area contributed by atoms with Gasteiger partial charge >= 0.3 is 5.97 Å². The van der Waals surface area contributed by atoms with Crippen molar-refractivity contribution in [3.63, 3.8) is 0 Å². The first kappa shape index (κ1) is 16.6. The number of hydrogen-bond donors (Lipinski definition) is 0. The zero-order valence-electron chi connectivity index (χ0n) is 14.2. The van der Waals surface area contributed by atoms with Crippen molar-refractivity contribution in [3.8, 4) is 0 Å². The van der Waals surface area contributed by atoms with Crippen LogP contribution in [0.15, 0.2) is 67.0 Å². The number of esters is 1. The molecular weight excluding hydrogens is 314 g/mol. The predicted molar refractivity (Wildman–Crippen MR) is 97.4 cm³/mol. The Labute approximate surface area is 146 Å². The third-order valence-electron chi connectivity index (χ3n) is 3.72. The van der Waals surface area contributed by atoms with Crippen LogP contribution in [0.4, 0.5) is 17.3 Å². The fourth-order valence-corrected chi connectivity index (χ4v) is 2.51. The fourth-order valence-electron chi connectivity index (χ4n) is 2.51. The maximum atomic E-state index is 11.8. The first-order valence-corrected chi connectivity index (χ1v) is 8.10. The Morgan fingerprint density at radius 1 is 1.00 bits per heavy atom. The van der Waals surface area contributed by atoms with Crippen molar-refractivity contribution >= 4 is 23.3 Å². The molecule has 0 atom stereocenters. The molecule has 0 radical (unpaired) electrons. The second-order valence-corrected chi connectivity index (χ2v) is 5.45. The summed E-state index contributed by atoms with van der Waals surface area (Å²) in [7, 11) is 0. The highest BCUT2D eigenvalue weighted by Gasteiger charge is 2.17. The molecule has 25 heavy (non-hydrogen) atoms. The molecule has 0 saturated carbocycles. The van der Waals surface area contributed by atoms with Gasteiger partial charge in [-0.05, 0) is 37.6 Å². The van der Waals surface area contributed by atoms with Crippen LogP contribution in [0.2, 0.25) is 0 Å². The van der Waals surface area contributed by atoms with Crippen molar-refractivity contribution in [2.75, 3.05) is 11.5 Å². The summed E-state index contributed by atoms with van der Waals surface area (Å²) < 4.78 is 4.98. The van der Waals surface area contributed by atoms with Gasteiger partial charge in [0.25, 0.3) is 0 Å². The van der Waals surface area contributed by atoms with Gasteiger partial charge in [0.05, 0.1) is 17.9 Å². The number of anilines is 3. The zero-order valence-corrected chi connectivity index (χ0v) is 14.2. The summed E-state index contributed by atoms with van der Waals surface area (Å²) in [6, 6.07) is 17.9. The van der Waals surface area contributed by atoms with Gasteiger partial charge in [0, 0.05) is 18.1 Å². The Kier molecular flexibility index (Phi) is 5.04. The summed E-state index contributed by atoms with van der Waals surface area (Å²) in [4.78, 5) is 22.5. The van der Waals surface area contributed by atoms with Gasteiger partial charge in [-0.15, -0.1) is 0 Å². The Morgan fingerprint density at radius 3 is 2.28 bits per heavy atom. The number of benzene rings is 2. The number of aryl methyl sites for hydroxylation is 1. The Hall–Kier alpha value is -3.21. The van der Waals surface area contributed by atoms with Crippen LogP contribution in [0.25, 0.3) is 0 Å². The summed E-state index contributed by atoms with van der Waals surface area (Å²) in [5, 5.41) is 0. The number of carbonyl (C=O) groups is 1. The van der Waals surface area contributed by atoms with E-state index in [0.29, 0.717) is 18.1 Å². The predicted octanol–water partition coefficient (Wildman–Crippen LogP) is 4.43. The highest BCUT2D eigenvalue weighted by Crippen LogP contribution is 2.33. The zero-order chi connectivity index (χ0) is 17.6. The second-order valence-electron chi connectivity index (χ2n) is 5.45. The number of para-hydroxylation sites is 2. The van der Waals surface area contributed by atoms with Gasteiger partial charge in [-0.1, -0.05) is 36.4 Å². The number of ether oxygens (including phenoxy) is 1. The van der Waals surface area contributed by atoms with E-state index in [1.807, 2.05) is 66.4 Å². The van der Waals surface area contributed by atoms with E-state index in [0.717, 1.165) is 16.9 Å². The van der Waals surface area contributed by atoms with Crippen LogP contribution in [-0.2, 0) is 4.74 Å². The summed E-state index contributed by atoms with van der Waals surface area (Å²) >= 11 is 0. The number of carbonyl (C=O) groups excluding carboxylic acids is 1. The minimum Gasteiger partial charge on any atom is -0.462 e. The second kappa shape index (κ2) is 7.57. The molecule has 1 heterocycles. The van der Waals surface area contributed by atoms with Crippen LogP contribution in [0.1, 0.15) is 22.8 Å². The molecule has 0 saturated heterocycles. The van der Waals surface area contributed by atoms with Crippen LogP contribution in [0.5, 0.6) is 0 Å². The topological polar surface area (TPSA) is 55.3 Å². The van der Waals surface area contributed by atoms with Gasteiger partial charge in [0.2, 0.25) is 5.95 Å². The van der Waals surface area contributed by atoms with Crippen molar-refractivity contribution in [2.45, 2.75) is 13.8 Å². The van der Waals surface area contributed by atoms with Crippen molar-refractivity contribution in [2.24, 2.45) is 0 Å². The lowest BCUT2D eigenvalue weighted by Crippen LogP contribution is -2.15. The van der Waals surface area contributed by atoms with E-state index in [4.69, 9.17) is 4.74 Å². The van der Waals surface area contributed by atoms with Gasteiger partial charge in [-0.25, -0.2) is 14.8 Å². The molecule has 0 aliphatic rings. The molecule has 5 nitrogen and oxygen atoms in total. The van der Waals surface area contributed by atoms with E-state index in [1.165, 1.54) is 12.4 Å². The molecule has 1 aromatic heterocycles. The summed E-state index contributed by atoms with van der Waals surface area (Å²) in [6.45, 7) is 4.13. The van der Waals surface area contributed by atoms with Crippen LogP contribution in [0.3, 0.4) is 0 Å². The van der Waals surface area contributed by atoms with E-state index < -0.39 is 5.97 Å². The average Bonchev–Trinajstić information content (AvgIpc) is 2.65. The van der Waals surface area contributed by atoms with Gasteiger partial charge in [0.1, 0.15) is 0 Å². The molecule has 0 unspecified atom stereocenters. The quantitative estimate of drug-likeness (QED) is 0.646. The molecule has 0 amide bonds. The lowest BCUT2D eigenvalue weighted by molar-refractivity contribution is 0.0525. The Morgan fingerprint density at radius 2 is 1.64 bits per heavy atom. The van der Waals surface area contributed by atoms with Crippen molar-refractivity contribution in [1.82, 2.24) is 9.97 Å². The SMILES string of the molecule is CCOC(=O)c1cnc(N(c2ccccc2)c2ccccc2C)nc1. The normalized spacial score (nSPS) is 10.3. The average molecular weight is 333 g/mol. The van der Waals surface area contributed by atoms with Gasteiger partial charge in [-0.3, -0.25) is 4.90 Å². The van der Waals surface area contributed by atoms with E-state index in [2.05, 4.69) is 9.97 Å². The standard InChI is InChI=1S/C20H19N3O2/c1-3-25-19(24)16-13-21-20(22-14-16)23(17-10-5-4-6-11-17)18-12-8-7-9-15(18)2/h4-14H,3H2,1-2H3. The molecule has 2 aromatic carbocycles. The minimum absolute atomic E-state index is 0.319. The lowest BCUT2D eigenvalue weighted by Gasteiger charge is -2.24. The fraction of sp³-hybridized carbons (Fsp3) is 0.150. The monoisotopic (exact) mass is 333 g/mol. The van der Waals surface area contributed by atoms with E-state index in [9.17, 15) is 4.79 Å². The van der Waals surface area contributed by atoms with Crippen LogP contribution in [-0.4, -0.2) is 22.5 Å². The largest absolute Gasteiger partial charge is 0.462 e. The molecule has 0 fully saturated rings. The molecule has 0 bridgehead atoms. The van der Waals surface area contributed by atoms with Gasteiger partial charge < -0.3 is 4.74 Å². The van der Waals surface area contributed by atoms with Crippen LogP contribution >= 0.6 is 0 Å². The molecule has 126 valence electrons. The molecular formula is C20H19N3O2. The highest BCUT2D eigenvalue weighted by atomic mass is 16.5. The molecule has 3 aromatic rings. The number of aromatic nitrogens is 2. The van der Waals surface area contributed by atoms with Crippen molar-refractivity contribution < 1.29 is 9.53 Å². The summed E-state index contributed by atoms with van der Waals surface area (Å²) in [5.41, 5.74) is 3.37. The lowest BCUT2D eigenvalue weighted by atomic mass is 10.1. The van der Waals surface area contributed by atoms with Crippen LogP contribution < -0.4 is 4.90 Å². The molecule has 0 aliphatic heterocycles. The van der Waals surface area contributed by atoms with Crippen LogP contribution in [0, 0.1) is 6.92 Å². The first-order chi connectivity index (χ1) is 12.2. The molecule has 0 aliphatic carbocycles. The van der Waals surface area contributed by atoms with Gasteiger partial charge in [0.15, 0.2) is 0 Å². The molecule has 0 N–H and O–H groups in total. The number of nitrogens with zero attached hydrogens (tertiary/aromatic N) is 3. The smallest absolute Gasteiger partial charge is 0.341 e. The minimum atomic E-state index is -0.420. The van der Waals surface area contributed by atoms with E-state index >= 15 is 0 Å². The maximum Gasteiger partial charge on any atom is 0.341 e. The third kappa shape index (κ3) is 3.66. The van der Waals surface area contributed by atoms with E-state index in [-0.39, 0.29) is 0 Å². The highest BCUT2D eigenvalue weighted by molar-refractivity contribution is 5.89. The molecule has 0 spiro atoms. The number of rotatable bonds is 5. The summed E-state index contributed by atoms with van der Waals surface area (Å²) in [5.74, 6) is 0.0738. The summed E-state index contributed by atoms with van der Waals surface area (Å²) in [6.07, 6.45) is 2.99. The van der Waals surface area contributed by atoms with Crippen molar-refractivity contribution in [1.29, 1.82) is 0 Å². The number of hydrogen-bond acceptors (Lipinski definition) is 5. The maximum absolute atomic E-state index is 11.8. The molecule has 3 rings (SSSR count). The first-order valence-electron chi connectivity index (χ1n) is 8.10. The van der Waals surface area contributed by atoms with Crippen molar-refractivity contribution in [3.05, 3.63) is 78.1 Å². The Bertz CT molecular complexity index is 848.